The van der Waals surface area contributed by atoms with E-state index in [1.54, 1.807) is 0 Å². The largest absolute Gasteiger partial charge is 0.504 e. The quantitative estimate of drug-likeness (QED) is 0.621. The lowest BCUT2D eigenvalue weighted by Crippen LogP contribution is -2.67. The summed E-state index contributed by atoms with van der Waals surface area (Å²) in [6.45, 7) is 2.29. The van der Waals surface area contributed by atoms with Crippen molar-refractivity contribution in [1.29, 1.82) is 0 Å². The van der Waals surface area contributed by atoms with E-state index < -0.39 is 8.80 Å². The number of rotatable bonds is 2. The Morgan fingerprint density at radius 3 is 2.19 bits per heavy atom. The molecule has 4 bridgehead atoms. The Hall–Kier alpha value is -0.943. The molecular formula is C17H20O3Si. The van der Waals surface area contributed by atoms with Gasteiger partial charge in [-0.3, -0.25) is 0 Å². The zero-order valence-electron chi connectivity index (χ0n) is 12.0. The Morgan fingerprint density at radius 1 is 0.905 bits per heavy atom. The first-order valence-corrected chi connectivity index (χ1v) is 9.76. The molecule has 4 fully saturated rings. The molecule has 3 unspecified atom stereocenters. The van der Waals surface area contributed by atoms with Crippen LogP contribution < -0.4 is 0 Å². The molecule has 1 aromatic carbocycles. The summed E-state index contributed by atoms with van der Waals surface area (Å²) in [4.78, 5) is 0. The maximum absolute atomic E-state index is 6.32. The third kappa shape index (κ3) is 1.70. The summed E-state index contributed by atoms with van der Waals surface area (Å²) in [7, 11) is -2.44. The minimum atomic E-state index is -2.44. The highest BCUT2D eigenvalue weighted by Crippen LogP contribution is 2.55. The molecule has 21 heavy (non-hydrogen) atoms. The molecule has 0 aromatic heterocycles. The molecule has 0 amide bonds. The number of hydrogen-bond acceptors (Lipinski definition) is 3. The Balaban J connectivity index is 1.41. The summed E-state index contributed by atoms with van der Waals surface area (Å²) < 4.78 is 19.0. The highest BCUT2D eigenvalue weighted by atomic mass is 28.4. The third-order valence-corrected chi connectivity index (χ3v) is 8.98. The fourth-order valence-electron chi connectivity index (χ4n) is 4.52. The van der Waals surface area contributed by atoms with E-state index in [0.29, 0.717) is 11.5 Å². The van der Waals surface area contributed by atoms with E-state index >= 15 is 0 Å². The summed E-state index contributed by atoms with van der Waals surface area (Å²) in [5.74, 6) is 1.37. The van der Waals surface area contributed by atoms with Crippen LogP contribution in [-0.2, 0) is 18.7 Å². The van der Waals surface area contributed by atoms with E-state index in [-0.39, 0.29) is 5.41 Å². The van der Waals surface area contributed by atoms with Crippen molar-refractivity contribution in [3.05, 3.63) is 48.0 Å². The van der Waals surface area contributed by atoms with Crippen LogP contribution in [0, 0.1) is 11.8 Å². The SMILES string of the molecule is C1=CC2CC1CC2[Si]12OCC(c3ccccc3)(CO1)CO2. The summed E-state index contributed by atoms with van der Waals surface area (Å²) in [5, 5.41) is 0. The fraction of sp³-hybridized carbons (Fsp3) is 0.529. The van der Waals surface area contributed by atoms with Gasteiger partial charge in [-0.2, -0.15) is 0 Å². The third-order valence-electron chi connectivity index (χ3n) is 5.77. The molecule has 110 valence electrons. The van der Waals surface area contributed by atoms with Crippen LogP contribution in [0.15, 0.2) is 42.5 Å². The van der Waals surface area contributed by atoms with E-state index in [0.717, 1.165) is 25.7 Å². The van der Waals surface area contributed by atoms with Gasteiger partial charge in [0.25, 0.3) is 0 Å². The van der Waals surface area contributed by atoms with Crippen molar-refractivity contribution in [1.82, 2.24) is 0 Å². The van der Waals surface area contributed by atoms with Crippen molar-refractivity contribution in [2.24, 2.45) is 11.8 Å². The van der Waals surface area contributed by atoms with Crippen molar-refractivity contribution in [3.8, 4) is 0 Å². The molecule has 0 radical (unpaired) electrons. The Morgan fingerprint density at radius 2 is 1.62 bits per heavy atom. The van der Waals surface area contributed by atoms with E-state index in [2.05, 4.69) is 42.5 Å². The lowest BCUT2D eigenvalue weighted by Gasteiger charge is -2.53. The fourth-order valence-corrected chi connectivity index (χ4v) is 8.20. The lowest BCUT2D eigenvalue weighted by molar-refractivity contribution is -0.105. The molecule has 6 rings (SSSR count). The summed E-state index contributed by atoms with van der Waals surface area (Å²) in [6, 6.07) is 10.5. The minimum Gasteiger partial charge on any atom is -0.372 e. The van der Waals surface area contributed by atoms with Crippen molar-refractivity contribution >= 4 is 8.80 Å². The second-order valence-corrected chi connectivity index (χ2v) is 9.82. The normalized spacial score (nSPS) is 47.1. The molecule has 3 nitrogen and oxygen atoms in total. The minimum absolute atomic E-state index is 0.0938. The molecule has 3 atom stereocenters. The van der Waals surface area contributed by atoms with Gasteiger partial charge in [0.15, 0.2) is 0 Å². The van der Waals surface area contributed by atoms with Gasteiger partial charge in [0.2, 0.25) is 0 Å². The van der Waals surface area contributed by atoms with Crippen LogP contribution >= 0.6 is 0 Å². The molecule has 0 spiro atoms. The van der Waals surface area contributed by atoms with Crippen LogP contribution in [-0.4, -0.2) is 28.6 Å². The molecule has 0 N–H and O–H groups in total. The number of allylic oxidation sites excluding steroid dienone is 2. The zero-order chi connectivity index (χ0) is 13.9. The zero-order valence-corrected chi connectivity index (χ0v) is 13.0. The van der Waals surface area contributed by atoms with Crippen LogP contribution in [0.2, 0.25) is 5.54 Å². The Labute approximate surface area is 126 Å². The molecular weight excluding hydrogens is 280 g/mol. The van der Waals surface area contributed by atoms with Gasteiger partial charge in [-0.05, 0) is 30.2 Å². The van der Waals surface area contributed by atoms with Crippen LogP contribution in [0.4, 0.5) is 0 Å². The molecule has 3 heterocycles. The summed E-state index contributed by atoms with van der Waals surface area (Å²) >= 11 is 0. The predicted molar refractivity (Wildman–Crippen MR) is 80.8 cm³/mol. The molecule has 4 heteroatoms. The van der Waals surface area contributed by atoms with E-state index in [1.165, 1.54) is 18.4 Å². The Bertz CT molecular complexity index is 560. The molecule has 1 aromatic rings. The van der Waals surface area contributed by atoms with Crippen LogP contribution in [0.3, 0.4) is 0 Å². The van der Waals surface area contributed by atoms with Gasteiger partial charge < -0.3 is 13.3 Å². The number of hydrogen-bond donors (Lipinski definition) is 0. The lowest BCUT2D eigenvalue weighted by atomic mass is 9.83. The molecule has 1 saturated carbocycles. The summed E-state index contributed by atoms with van der Waals surface area (Å²) in [6.07, 6.45) is 7.21. The van der Waals surface area contributed by atoms with Crippen molar-refractivity contribution in [3.63, 3.8) is 0 Å². The van der Waals surface area contributed by atoms with Crippen molar-refractivity contribution in [2.75, 3.05) is 19.8 Å². The maximum Gasteiger partial charge on any atom is 0.504 e. The first-order valence-electron chi connectivity index (χ1n) is 7.95. The Kier molecular flexibility index (Phi) is 2.57. The van der Waals surface area contributed by atoms with Gasteiger partial charge in [-0.25, -0.2) is 0 Å². The highest BCUT2D eigenvalue weighted by molar-refractivity contribution is 6.63. The van der Waals surface area contributed by atoms with Crippen LogP contribution in [0.25, 0.3) is 0 Å². The molecule has 3 saturated heterocycles. The van der Waals surface area contributed by atoms with Crippen molar-refractivity contribution < 1.29 is 13.3 Å². The van der Waals surface area contributed by atoms with Crippen molar-refractivity contribution in [2.45, 2.75) is 23.8 Å². The van der Waals surface area contributed by atoms with E-state index in [1.807, 2.05) is 0 Å². The number of benzene rings is 1. The van der Waals surface area contributed by atoms with Gasteiger partial charge >= 0.3 is 8.80 Å². The maximum atomic E-state index is 6.32. The van der Waals surface area contributed by atoms with Gasteiger partial charge in [-0.15, -0.1) is 0 Å². The second-order valence-electron chi connectivity index (χ2n) is 7.00. The smallest absolute Gasteiger partial charge is 0.372 e. The first kappa shape index (κ1) is 12.6. The topological polar surface area (TPSA) is 27.7 Å². The monoisotopic (exact) mass is 300 g/mol. The highest BCUT2D eigenvalue weighted by Gasteiger charge is 2.64. The van der Waals surface area contributed by atoms with E-state index in [9.17, 15) is 0 Å². The molecule has 2 aliphatic carbocycles. The molecule has 3 aliphatic heterocycles. The second kappa shape index (κ2) is 4.29. The van der Waals surface area contributed by atoms with Gasteiger partial charge in [-0.1, -0.05) is 42.5 Å². The van der Waals surface area contributed by atoms with Crippen LogP contribution in [0.5, 0.6) is 0 Å². The first-order chi connectivity index (χ1) is 10.3. The van der Waals surface area contributed by atoms with Crippen LogP contribution in [0.1, 0.15) is 18.4 Å². The van der Waals surface area contributed by atoms with Gasteiger partial charge in [0, 0.05) is 5.54 Å². The van der Waals surface area contributed by atoms with Gasteiger partial charge in [0.05, 0.1) is 25.2 Å². The number of fused-ring (bicyclic) bond motifs is 5. The summed E-state index contributed by atoms with van der Waals surface area (Å²) in [5.41, 5.74) is 1.69. The predicted octanol–water partition coefficient (Wildman–Crippen LogP) is 2.91. The van der Waals surface area contributed by atoms with E-state index in [4.69, 9.17) is 13.3 Å². The standard InChI is InChI=1S/C17H20O3Si/c1-2-4-15(5-3-1)17-10-18-21(19-11-17,20-12-17)16-9-13-6-7-14(16)8-13/h1-7,13-14,16H,8-12H2. The average molecular weight is 300 g/mol. The average Bonchev–Trinajstić information content (AvgIpc) is 3.21. The van der Waals surface area contributed by atoms with Gasteiger partial charge in [0.1, 0.15) is 0 Å². The molecule has 5 aliphatic rings.